The predicted molar refractivity (Wildman–Crippen MR) is 157 cm³/mol. The summed E-state index contributed by atoms with van der Waals surface area (Å²) >= 11 is 0. The van der Waals surface area contributed by atoms with E-state index in [2.05, 4.69) is 22.8 Å². The van der Waals surface area contributed by atoms with Crippen molar-refractivity contribution in [2.45, 2.75) is 31.4 Å². The van der Waals surface area contributed by atoms with E-state index in [-0.39, 0.29) is 17.7 Å². The summed E-state index contributed by atoms with van der Waals surface area (Å²) < 4.78 is 17.2. The summed E-state index contributed by atoms with van der Waals surface area (Å²) in [6.45, 7) is 0.416. The highest BCUT2D eigenvalue weighted by Gasteiger charge is 2.36. The van der Waals surface area contributed by atoms with Crippen LogP contribution in [0.3, 0.4) is 0 Å². The van der Waals surface area contributed by atoms with E-state index in [9.17, 15) is 4.79 Å². The summed E-state index contributed by atoms with van der Waals surface area (Å²) in [5.74, 6) is 2.30. The molecule has 1 aliphatic carbocycles. The molecule has 0 fully saturated rings. The van der Waals surface area contributed by atoms with Gasteiger partial charge in [0.2, 0.25) is 0 Å². The predicted octanol–water partition coefficient (Wildman–Crippen LogP) is 7.26. The molecule has 0 saturated heterocycles. The van der Waals surface area contributed by atoms with Crippen LogP contribution in [0, 0.1) is 0 Å². The van der Waals surface area contributed by atoms with Gasteiger partial charge in [-0.25, -0.2) is 0 Å². The number of methoxy groups -OCH3 is 2. The first-order valence-corrected chi connectivity index (χ1v) is 13.5. The minimum atomic E-state index is -0.347. The van der Waals surface area contributed by atoms with Gasteiger partial charge in [0.25, 0.3) is 0 Å². The van der Waals surface area contributed by atoms with E-state index >= 15 is 0 Å². The second-order valence-electron chi connectivity index (χ2n) is 10.1. The zero-order chi connectivity index (χ0) is 27.5. The number of hydrogen-bond donors (Lipinski definition) is 2. The molecule has 1 heterocycles. The smallest absolute Gasteiger partial charge is 0.163 e. The molecule has 4 aromatic carbocycles. The van der Waals surface area contributed by atoms with Crippen LogP contribution in [0.15, 0.2) is 108 Å². The number of allylic oxidation sites excluding steroid dienone is 1. The second-order valence-corrected chi connectivity index (χ2v) is 10.1. The van der Waals surface area contributed by atoms with Crippen molar-refractivity contribution >= 4 is 17.2 Å². The lowest BCUT2D eigenvalue weighted by Gasteiger charge is -2.30. The van der Waals surface area contributed by atoms with Crippen molar-refractivity contribution in [3.63, 3.8) is 0 Å². The lowest BCUT2D eigenvalue weighted by molar-refractivity contribution is -0.116. The maximum atomic E-state index is 13.9. The maximum Gasteiger partial charge on any atom is 0.163 e. The molecule has 0 spiro atoms. The van der Waals surface area contributed by atoms with Gasteiger partial charge in [0, 0.05) is 17.7 Å². The Bertz CT molecular complexity index is 1550. The molecule has 0 saturated carbocycles. The first-order valence-electron chi connectivity index (χ1n) is 13.5. The summed E-state index contributed by atoms with van der Waals surface area (Å²) in [7, 11) is 3.30. The zero-order valence-corrected chi connectivity index (χ0v) is 22.6. The van der Waals surface area contributed by atoms with Gasteiger partial charge in [-0.3, -0.25) is 4.79 Å². The van der Waals surface area contributed by atoms with Crippen LogP contribution in [-0.4, -0.2) is 20.0 Å². The number of anilines is 2. The van der Waals surface area contributed by atoms with Gasteiger partial charge < -0.3 is 24.8 Å². The number of ketones is 1. The molecular weight excluding hydrogens is 500 g/mol. The minimum Gasteiger partial charge on any atom is -0.497 e. The van der Waals surface area contributed by atoms with E-state index in [1.54, 1.807) is 14.2 Å². The van der Waals surface area contributed by atoms with Crippen LogP contribution in [0.25, 0.3) is 0 Å². The SMILES string of the molecule is COc1ccc([C@H]2CC(=O)C3=C(C2)Nc2ccccc2N[C@H]3c2ccc(OC)c(OCc3ccccc3)c2)cc1. The van der Waals surface area contributed by atoms with E-state index in [0.29, 0.717) is 24.5 Å². The van der Waals surface area contributed by atoms with Gasteiger partial charge in [0.1, 0.15) is 12.4 Å². The first-order chi connectivity index (χ1) is 19.6. The van der Waals surface area contributed by atoms with Gasteiger partial charge >= 0.3 is 0 Å². The highest BCUT2D eigenvalue weighted by Crippen LogP contribution is 2.45. The Morgan fingerprint density at radius 1 is 0.750 bits per heavy atom. The van der Waals surface area contributed by atoms with E-state index in [1.807, 2.05) is 84.9 Å². The quantitative estimate of drug-likeness (QED) is 0.261. The lowest BCUT2D eigenvalue weighted by Crippen LogP contribution is -2.26. The summed E-state index contributed by atoms with van der Waals surface area (Å²) in [5, 5.41) is 7.27. The van der Waals surface area contributed by atoms with Crippen molar-refractivity contribution in [2.24, 2.45) is 0 Å². The molecule has 0 aromatic heterocycles. The van der Waals surface area contributed by atoms with Crippen molar-refractivity contribution in [3.8, 4) is 17.2 Å². The number of para-hydroxylation sites is 2. The number of benzene rings is 4. The second kappa shape index (κ2) is 11.2. The molecule has 40 heavy (non-hydrogen) atoms. The molecular formula is C34H32N2O4. The third kappa shape index (κ3) is 5.13. The van der Waals surface area contributed by atoms with E-state index in [1.165, 1.54) is 0 Å². The number of Topliss-reactive ketones (excluding diaryl/α,β-unsaturated/α-hetero) is 1. The van der Waals surface area contributed by atoms with Crippen LogP contribution in [-0.2, 0) is 11.4 Å². The topological polar surface area (TPSA) is 68.8 Å². The molecule has 202 valence electrons. The zero-order valence-electron chi connectivity index (χ0n) is 22.6. The molecule has 2 N–H and O–H groups in total. The summed E-state index contributed by atoms with van der Waals surface area (Å²) in [6.07, 6.45) is 1.17. The van der Waals surface area contributed by atoms with Crippen LogP contribution in [0.2, 0.25) is 0 Å². The average Bonchev–Trinajstić information content (AvgIpc) is 3.17. The number of ether oxygens (including phenoxy) is 3. The van der Waals surface area contributed by atoms with Crippen LogP contribution < -0.4 is 24.8 Å². The number of carbonyl (C=O) groups is 1. The molecule has 6 nitrogen and oxygen atoms in total. The molecule has 0 bridgehead atoms. The van der Waals surface area contributed by atoms with Gasteiger partial charge in [-0.05, 0) is 65.4 Å². The summed E-state index contributed by atoms with van der Waals surface area (Å²) in [5.41, 5.74) is 6.74. The fraction of sp³-hybridized carbons (Fsp3) is 0.206. The Hall–Kier alpha value is -4.71. The molecule has 6 rings (SSSR count). The minimum absolute atomic E-state index is 0.0798. The number of fused-ring (bicyclic) bond motifs is 1. The van der Waals surface area contributed by atoms with Crippen LogP contribution in [0.4, 0.5) is 11.4 Å². The van der Waals surface area contributed by atoms with Crippen LogP contribution >= 0.6 is 0 Å². The van der Waals surface area contributed by atoms with Gasteiger partial charge in [-0.2, -0.15) is 0 Å². The molecule has 1 aliphatic heterocycles. The Balaban J connectivity index is 1.38. The molecule has 4 aromatic rings. The van der Waals surface area contributed by atoms with Crippen LogP contribution in [0.5, 0.6) is 17.2 Å². The highest BCUT2D eigenvalue weighted by atomic mass is 16.5. The maximum absolute atomic E-state index is 13.9. The van der Waals surface area contributed by atoms with Gasteiger partial charge in [-0.15, -0.1) is 0 Å². The number of hydrogen-bond acceptors (Lipinski definition) is 6. The fourth-order valence-corrected chi connectivity index (χ4v) is 5.58. The van der Waals surface area contributed by atoms with E-state index < -0.39 is 0 Å². The van der Waals surface area contributed by atoms with Crippen molar-refractivity contribution < 1.29 is 19.0 Å². The van der Waals surface area contributed by atoms with Gasteiger partial charge in [0.05, 0.1) is 31.6 Å². The largest absolute Gasteiger partial charge is 0.497 e. The Labute approximate surface area is 234 Å². The van der Waals surface area contributed by atoms with E-state index in [4.69, 9.17) is 14.2 Å². The molecule has 0 radical (unpaired) electrons. The molecule has 2 aliphatic rings. The Kier molecular flexibility index (Phi) is 7.15. The monoisotopic (exact) mass is 532 g/mol. The van der Waals surface area contributed by atoms with Crippen molar-refractivity contribution in [3.05, 3.63) is 125 Å². The average molecular weight is 533 g/mol. The van der Waals surface area contributed by atoms with Crippen molar-refractivity contribution in [1.82, 2.24) is 0 Å². The first kappa shape index (κ1) is 25.6. The van der Waals surface area contributed by atoms with Gasteiger partial charge in [0.15, 0.2) is 17.3 Å². The molecule has 2 atom stereocenters. The van der Waals surface area contributed by atoms with Crippen LogP contribution in [0.1, 0.15) is 41.5 Å². The number of rotatable bonds is 7. The Morgan fingerprint density at radius 2 is 1.48 bits per heavy atom. The standard InChI is InChI=1S/C34H32N2O4/c1-38-26-15-12-23(13-16-26)25-18-29-33(30(37)19-25)34(36-28-11-7-6-10-27(28)35-29)24-14-17-31(39-2)32(20-24)40-21-22-8-4-3-5-9-22/h3-17,20,25,34-36H,18-19,21H2,1-2H3/t25-,34+/m1/s1. The van der Waals surface area contributed by atoms with Gasteiger partial charge in [-0.1, -0.05) is 60.7 Å². The lowest BCUT2D eigenvalue weighted by atomic mass is 9.78. The summed E-state index contributed by atoms with van der Waals surface area (Å²) in [6, 6.07) is 31.7. The van der Waals surface area contributed by atoms with Crippen molar-refractivity contribution in [1.29, 1.82) is 0 Å². The van der Waals surface area contributed by atoms with E-state index in [0.717, 1.165) is 51.5 Å². The molecule has 6 heteroatoms. The number of carbonyl (C=O) groups excluding carboxylic acids is 1. The highest BCUT2D eigenvalue weighted by molar-refractivity contribution is 6.01. The fourth-order valence-electron chi connectivity index (χ4n) is 5.58. The van der Waals surface area contributed by atoms with Crippen molar-refractivity contribution in [2.75, 3.05) is 24.9 Å². The number of nitrogens with one attached hydrogen (secondary N) is 2. The summed E-state index contributed by atoms with van der Waals surface area (Å²) in [4.78, 5) is 13.9. The molecule has 0 amide bonds. The third-order valence-electron chi connectivity index (χ3n) is 7.65. The third-order valence-corrected chi connectivity index (χ3v) is 7.65. The Morgan fingerprint density at radius 3 is 2.23 bits per heavy atom. The molecule has 0 unspecified atom stereocenters. The normalized spacial score (nSPS) is 18.0.